The van der Waals surface area contributed by atoms with E-state index in [1.54, 1.807) is 6.20 Å². The lowest BCUT2D eigenvalue weighted by molar-refractivity contribution is -0.117. The molecule has 1 aromatic carbocycles. The number of pyridine rings is 1. The molecule has 0 aliphatic heterocycles. The maximum Gasteiger partial charge on any atom is 0.221 e. The average Bonchev–Trinajstić information content (AvgIpc) is 2.81. The van der Waals surface area contributed by atoms with E-state index in [0.29, 0.717) is 0 Å². The topological polar surface area (TPSA) is 69.1 Å². The third kappa shape index (κ3) is 2.28. The molecule has 0 aliphatic carbocycles. The van der Waals surface area contributed by atoms with Gasteiger partial charge in [-0.25, -0.2) is 0 Å². The van der Waals surface area contributed by atoms with Crippen molar-refractivity contribution in [2.45, 2.75) is 13.3 Å². The monoisotopic (exact) mass is 266 g/mol. The number of furan rings is 1. The van der Waals surface area contributed by atoms with E-state index in [1.807, 2.05) is 43.3 Å². The second-order valence-electron chi connectivity index (χ2n) is 4.76. The lowest BCUT2D eigenvalue weighted by Crippen LogP contribution is -2.13. The smallest absolute Gasteiger partial charge is 0.221 e. The Morgan fingerprint density at radius 1 is 1.30 bits per heavy atom. The maximum atomic E-state index is 11.0. The predicted octanol–water partition coefficient (Wildman–Crippen LogP) is 2.83. The van der Waals surface area contributed by atoms with E-state index in [-0.39, 0.29) is 12.3 Å². The fraction of sp³-hybridized carbons (Fsp3) is 0.125. The zero-order chi connectivity index (χ0) is 14.1. The fourth-order valence-electron chi connectivity index (χ4n) is 2.28. The van der Waals surface area contributed by atoms with Crippen LogP contribution in [0.2, 0.25) is 0 Å². The SMILES string of the molecule is Cc1ncccc1-c1cc2cc(CC(N)=O)ccc2o1. The molecule has 2 N–H and O–H groups in total. The molecule has 0 atom stereocenters. The number of carbonyl (C=O) groups is 1. The summed E-state index contributed by atoms with van der Waals surface area (Å²) in [5, 5.41) is 0.960. The van der Waals surface area contributed by atoms with E-state index in [4.69, 9.17) is 10.2 Å². The maximum absolute atomic E-state index is 11.0. The van der Waals surface area contributed by atoms with Gasteiger partial charge in [0.15, 0.2) is 0 Å². The summed E-state index contributed by atoms with van der Waals surface area (Å²) in [6.45, 7) is 1.95. The summed E-state index contributed by atoms with van der Waals surface area (Å²) in [4.78, 5) is 15.2. The molecule has 4 nitrogen and oxygen atoms in total. The average molecular weight is 266 g/mol. The summed E-state index contributed by atoms with van der Waals surface area (Å²) < 4.78 is 5.84. The summed E-state index contributed by atoms with van der Waals surface area (Å²) in [6, 6.07) is 11.5. The van der Waals surface area contributed by atoms with Gasteiger partial charge < -0.3 is 10.2 Å². The van der Waals surface area contributed by atoms with Gasteiger partial charge in [-0.3, -0.25) is 9.78 Å². The minimum Gasteiger partial charge on any atom is -0.456 e. The summed E-state index contributed by atoms with van der Waals surface area (Å²) in [5.74, 6) is 0.443. The molecule has 2 aromatic heterocycles. The second kappa shape index (κ2) is 4.81. The van der Waals surface area contributed by atoms with Gasteiger partial charge in [0.25, 0.3) is 0 Å². The van der Waals surface area contributed by atoms with Crippen molar-refractivity contribution in [2.75, 3.05) is 0 Å². The lowest BCUT2D eigenvalue weighted by atomic mass is 10.1. The number of amides is 1. The first-order valence-electron chi connectivity index (χ1n) is 6.36. The van der Waals surface area contributed by atoms with Crippen LogP contribution in [0.4, 0.5) is 0 Å². The van der Waals surface area contributed by atoms with Gasteiger partial charge >= 0.3 is 0 Å². The number of nitrogens with two attached hydrogens (primary N) is 1. The van der Waals surface area contributed by atoms with E-state index in [0.717, 1.165) is 33.6 Å². The Kier molecular flexibility index (Phi) is 2.99. The van der Waals surface area contributed by atoms with Crippen molar-refractivity contribution < 1.29 is 9.21 Å². The highest BCUT2D eigenvalue weighted by Gasteiger charge is 2.10. The lowest BCUT2D eigenvalue weighted by Gasteiger charge is -1.99. The Morgan fingerprint density at radius 2 is 2.15 bits per heavy atom. The molecule has 0 bridgehead atoms. The fourth-order valence-corrected chi connectivity index (χ4v) is 2.28. The molecule has 0 fully saturated rings. The third-order valence-electron chi connectivity index (χ3n) is 3.23. The largest absolute Gasteiger partial charge is 0.456 e. The van der Waals surface area contributed by atoms with Crippen LogP contribution in [-0.4, -0.2) is 10.9 Å². The van der Waals surface area contributed by atoms with Crippen molar-refractivity contribution in [1.82, 2.24) is 4.98 Å². The van der Waals surface area contributed by atoms with Crippen molar-refractivity contribution >= 4 is 16.9 Å². The number of aryl methyl sites for hydroxylation is 1. The number of nitrogens with zero attached hydrogens (tertiary/aromatic N) is 1. The van der Waals surface area contributed by atoms with E-state index in [1.165, 1.54) is 0 Å². The Labute approximate surface area is 116 Å². The normalized spacial score (nSPS) is 10.8. The number of hydrogen-bond acceptors (Lipinski definition) is 3. The number of primary amides is 1. The molecule has 0 unspecified atom stereocenters. The highest BCUT2D eigenvalue weighted by Crippen LogP contribution is 2.29. The Balaban J connectivity index is 2.07. The molecular weight excluding hydrogens is 252 g/mol. The summed E-state index contributed by atoms with van der Waals surface area (Å²) in [7, 11) is 0. The molecule has 20 heavy (non-hydrogen) atoms. The van der Waals surface area contributed by atoms with Crippen molar-refractivity contribution in [3.8, 4) is 11.3 Å². The van der Waals surface area contributed by atoms with Crippen molar-refractivity contribution in [2.24, 2.45) is 5.73 Å². The second-order valence-corrected chi connectivity index (χ2v) is 4.76. The van der Waals surface area contributed by atoms with E-state index >= 15 is 0 Å². The zero-order valence-corrected chi connectivity index (χ0v) is 11.1. The molecule has 4 heteroatoms. The Bertz CT molecular complexity index is 790. The standard InChI is InChI=1S/C16H14N2O2/c1-10-13(3-2-6-18-10)15-9-12-7-11(8-16(17)19)4-5-14(12)20-15/h2-7,9H,8H2,1H3,(H2,17,19). The van der Waals surface area contributed by atoms with Crippen molar-refractivity contribution in [1.29, 1.82) is 0 Å². The van der Waals surface area contributed by atoms with E-state index in [9.17, 15) is 4.79 Å². The highest BCUT2D eigenvalue weighted by molar-refractivity contribution is 5.85. The molecule has 0 saturated heterocycles. The van der Waals surface area contributed by atoms with Gasteiger partial charge in [-0.1, -0.05) is 6.07 Å². The van der Waals surface area contributed by atoms with Gasteiger partial charge in [0.05, 0.1) is 6.42 Å². The number of fused-ring (bicyclic) bond motifs is 1. The van der Waals surface area contributed by atoms with Gasteiger partial charge in [-0.2, -0.15) is 0 Å². The number of rotatable bonds is 3. The molecule has 3 rings (SSSR count). The van der Waals surface area contributed by atoms with Gasteiger partial charge in [-0.05, 0) is 42.8 Å². The van der Waals surface area contributed by atoms with E-state index < -0.39 is 0 Å². The quantitative estimate of drug-likeness (QED) is 0.792. The Morgan fingerprint density at radius 3 is 2.90 bits per heavy atom. The first-order valence-corrected chi connectivity index (χ1v) is 6.36. The minimum atomic E-state index is -0.337. The molecule has 100 valence electrons. The third-order valence-corrected chi connectivity index (χ3v) is 3.23. The number of carbonyl (C=O) groups excluding carboxylic acids is 1. The van der Waals surface area contributed by atoms with Gasteiger partial charge in [0, 0.05) is 22.8 Å². The van der Waals surface area contributed by atoms with Crippen molar-refractivity contribution in [3.05, 3.63) is 53.9 Å². The summed E-state index contributed by atoms with van der Waals surface area (Å²) in [6.07, 6.45) is 1.99. The molecular formula is C16H14N2O2. The summed E-state index contributed by atoms with van der Waals surface area (Å²) >= 11 is 0. The molecule has 2 heterocycles. The first-order chi connectivity index (χ1) is 9.63. The van der Waals surface area contributed by atoms with Gasteiger partial charge in [0.2, 0.25) is 5.91 Å². The van der Waals surface area contributed by atoms with E-state index in [2.05, 4.69) is 4.98 Å². The van der Waals surface area contributed by atoms with Crippen LogP contribution in [0.3, 0.4) is 0 Å². The van der Waals surface area contributed by atoms with Crippen LogP contribution < -0.4 is 5.73 Å². The molecule has 0 aliphatic rings. The summed E-state index contributed by atoms with van der Waals surface area (Å²) in [5.41, 5.74) is 8.78. The predicted molar refractivity (Wildman–Crippen MR) is 77.1 cm³/mol. The van der Waals surface area contributed by atoms with Crippen LogP contribution in [0.25, 0.3) is 22.3 Å². The molecule has 1 amide bonds. The van der Waals surface area contributed by atoms with Crippen LogP contribution in [0.1, 0.15) is 11.3 Å². The van der Waals surface area contributed by atoms with Crippen LogP contribution >= 0.6 is 0 Å². The number of benzene rings is 1. The highest BCUT2D eigenvalue weighted by atomic mass is 16.3. The van der Waals surface area contributed by atoms with Crippen LogP contribution in [0, 0.1) is 6.92 Å². The van der Waals surface area contributed by atoms with Crippen LogP contribution in [0.5, 0.6) is 0 Å². The molecule has 0 saturated carbocycles. The zero-order valence-electron chi connectivity index (χ0n) is 11.1. The van der Waals surface area contributed by atoms with Gasteiger partial charge in [0.1, 0.15) is 11.3 Å². The van der Waals surface area contributed by atoms with Crippen LogP contribution in [-0.2, 0) is 11.2 Å². The van der Waals surface area contributed by atoms with Crippen molar-refractivity contribution in [3.63, 3.8) is 0 Å². The first kappa shape index (κ1) is 12.4. The number of aromatic nitrogens is 1. The number of hydrogen-bond donors (Lipinski definition) is 1. The van der Waals surface area contributed by atoms with Gasteiger partial charge in [-0.15, -0.1) is 0 Å². The molecule has 3 aromatic rings. The molecule has 0 radical (unpaired) electrons. The Hall–Kier alpha value is -2.62. The minimum absolute atomic E-state index is 0.238. The van der Waals surface area contributed by atoms with Crippen LogP contribution in [0.15, 0.2) is 47.0 Å². The molecule has 0 spiro atoms.